The number of aliphatic hydroxyl groups is 1. The number of anilines is 4. The Labute approximate surface area is 482 Å². The maximum atomic E-state index is 11.0. The Morgan fingerprint density at radius 2 is 1.45 bits per heavy atom. The maximum absolute atomic E-state index is 11.0. The number of unbranched alkanes of at least 4 members (excludes halogenated alkanes) is 3. The van der Waals surface area contributed by atoms with Crippen molar-refractivity contribution >= 4 is 62.9 Å². The summed E-state index contributed by atoms with van der Waals surface area (Å²) in [5.74, 6) is 1.16. The van der Waals surface area contributed by atoms with Crippen molar-refractivity contribution in [2.75, 3.05) is 9.80 Å². The molecule has 7 rings (SSSR count). The summed E-state index contributed by atoms with van der Waals surface area (Å²) in [6, 6.07) is 33.8. The van der Waals surface area contributed by atoms with Gasteiger partial charge in [0.25, 0.3) is 0 Å². The molecule has 5 aromatic carbocycles. The Hall–Kier alpha value is -7.30. The van der Waals surface area contributed by atoms with E-state index in [1.165, 1.54) is 78.5 Å². The van der Waals surface area contributed by atoms with Crippen molar-refractivity contribution in [2.24, 2.45) is 17.8 Å². The molecule has 0 saturated carbocycles. The molecule has 0 aliphatic heterocycles. The average molecular weight is 1070 g/mol. The number of hydrogen-bond acceptors (Lipinski definition) is 4. The molecule has 4 nitrogen and oxygen atoms in total. The molecule has 1 heterocycles. The quantitative estimate of drug-likeness (QED) is 0.0216. The first-order valence-electron chi connectivity index (χ1n) is 30.0. The normalized spacial score (nSPS) is 17.0. The first-order chi connectivity index (χ1) is 38.7. The predicted octanol–water partition coefficient (Wildman–Crippen LogP) is 23.4. The van der Waals surface area contributed by atoms with E-state index in [-0.39, 0.29) is 17.6 Å². The molecule has 0 saturated heterocycles. The number of allylic oxidation sites excluding steroid dienone is 14. The zero-order chi connectivity index (χ0) is 57.3. The monoisotopic (exact) mass is 1060 g/mol. The molecular formula is C76H92N2O2. The summed E-state index contributed by atoms with van der Waals surface area (Å²) in [6.45, 7) is 30.5. The summed E-state index contributed by atoms with van der Waals surface area (Å²) in [4.78, 5) is 4.88. The Morgan fingerprint density at radius 3 is 2.15 bits per heavy atom. The minimum absolute atomic E-state index is 0.00711. The van der Waals surface area contributed by atoms with E-state index in [0.717, 1.165) is 86.3 Å². The van der Waals surface area contributed by atoms with E-state index in [0.29, 0.717) is 17.4 Å². The van der Waals surface area contributed by atoms with E-state index >= 15 is 0 Å². The van der Waals surface area contributed by atoms with E-state index in [9.17, 15) is 5.11 Å². The molecule has 0 spiro atoms. The standard InChI is InChI=1S/C76H92N2O2/c1-14-19-23-31-55(9)61-40-45-66(46-41-61)78(73-37-27-36-71-70-35-26-32-56(10)75(70)80-76(71)73)72-49-44-63(28-16-3)59(13)69(72)48-43-62-42-47-68(50-57(62)11)77(58(12)38-39-60(18-5)54(8)30-20-15-2)67-34-25-22-21-24-33-65(51-67)64(29-17-4)52-74(79)53(6)7/h16-17,22,24-29,32-33,35-52,54-55,64-65,79H,6,14-15,18-21,23,30-31,34H2,1-5,7-13H3/b25-22-,28-16-,29-17-,33-24?,48-43-,58-38+,60-39+,67-51+,74-52?. The lowest BCUT2D eigenvalue weighted by atomic mass is 9.88. The first kappa shape index (κ1) is 60.3. The Balaban J connectivity index is 1.39. The van der Waals surface area contributed by atoms with Gasteiger partial charge < -0.3 is 19.3 Å². The van der Waals surface area contributed by atoms with Gasteiger partial charge in [0.05, 0.1) is 11.4 Å². The lowest BCUT2D eigenvalue weighted by Crippen LogP contribution is -2.22. The van der Waals surface area contributed by atoms with Gasteiger partial charge in [-0.3, -0.25) is 0 Å². The highest BCUT2D eigenvalue weighted by Gasteiger charge is 2.25. The van der Waals surface area contributed by atoms with Crippen LogP contribution in [0.1, 0.15) is 171 Å². The molecule has 0 amide bonds. The van der Waals surface area contributed by atoms with Gasteiger partial charge in [-0.05, 0) is 173 Å². The zero-order valence-corrected chi connectivity index (χ0v) is 50.6. The fraction of sp³-hybridized carbons (Fsp3) is 0.342. The van der Waals surface area contributed by atoms with Crippen molar-refractivity contribution in [1.82, 2.24) is 0 Å². The van der Waals surface area contributed by atoms with Gasteiger partial charge in [0, 0.05) is 57.4 Å². The smallest absolute Gasteiger partial charge is 0.159 e. The van der Waals surface area contributed by atoms with Gasteiger partial charge in [-0.2, -0.15) is 0 Å². The molecule has 6 aromatic rings. The predicted molar refractivity (Wildman–Crippen MR) is 351 cm³/mol. The van der Waals surface area contributed by atoms with Crippen molar-refractivity contribution in [2.45, 2.75) is 153 Å². The number of para-hydroxylation sites is 2. The largest absolute Gasteiger partial charge is 0.508 e. The Kier molecular flexibility index (Phi) is 22.1. The molecule has 418 valence electrons. The molecule has 1 N–H and O–H groups in total. The zero-order valence-electron chi connectivity index (χ0n) is 50.6. The van der Waals surface area contributed by atoms with Gasteiger partial charge in [0.15, 0.2) is 5.58 Å². The second-order valence-corrected chi connectivity index (χ2v) is 22.4. The third-order valence-corrected chi connectivity index (χ3v) is 16.3. The van der Waals surface area contributed by atoms with Crippen LogP contribution >= 0.6 is 0 Å². The van der Waals surface area contributed by atoms with Gasteiger partial charge in [-0.1, -0.05) is 206 Å². The molecule has 0 radical (unpaired) electrons. The van der Waals surface area contributed by atoms with Crippen LogP contribution in [0.3, 0.4) is 0 Å². The number of furan rings is 1. The van der Waals surface area contributed by atoms with E-state index in [1.807, 2.05) is 13.0 Å². The van der Waals surface area contributed by atoms with Crippen LogP contribution in [-0.4, -0.2) is 5.11 Å². The molecule has 1 aromatic heterocycles. The average Bonchev–Trinajstić information content (AvgIpc) is 4.03. The topological polar surface area (TPSA) is 39.9 Å². The van der Waals surface area contributed by atoms with Crippen LogP contribution in [0.5, 0.6) is 0 Å². The van der Waals surface area contributed by atoms with Crippen molar-refractivity contribution in [1.29, 1.82) is 0 Å². The van der Waals surface area contributed by atoms with Crippen LogP contribution in [0.15, 0.2) is 197 Å². The molecule has 4 heteroatoms. The van der Waals surface area contributed by atoms with Crippen LogP contribution < -0.4 is 9.80 Å². The summed E-state index contributed by atoms with van der Waals surface area (Å²) >= 11 is 0. The van der Waals surface area contributed by atoms with Gasteiger partial charge in [-0.25, -0.2) is 0 Å². The number of nitrogens with zero attached hydrogens (tertiary/aromatic N) is 2. The maximum Gasteiger partial charge on any atom is 0.159 e. The van der Waals surface area contributed by atoms with Gasteiger partial charge in [-0.15, -0.1) is 0 Å². The number of benzene rings is 5. The van der Waals surface area contributed by atoms with Crippen molar-refractivity contribution < 1.29 is 9.52 Å². The van der Waals surface area contributed by atoms with Gasteiger partial charge in [0.1, 0.15) is 11.3 Å². The minimum Gasteiger partial charge on any atom is -0.508 e. The molecule has 0 fully saturated rings. The molecule has 0 bridgehead atoms. The molecular weight excluding hydrogens is 973 g/mol. The van der Waals surface area contributed by atoms with E-state index < -0.39 is 0 Å². The van der Waals surface area contributed by atoms with Crippen LogP contribution in [-0.2, 0) is 0 Å². The van der Waals surface area contributed by atoms with Gasteiger partial charge >= 0.3 is 0 Å². The van der Waals surface area contributed by atoms with E-state index in [1.54, 1.807) is 0 Å². The Morgan fingerprint density at radius 1 is 0.725 bits per heavy atom. The molecule has 80 heavy (non-hydrogen) atoms. The van der Waals surface area contributed by atoms with Crippen LogP contribution in [0, 0.1) is 38.5 Å². The SMILES string of the molecule is C=C(C)C(O)=CC(/C=C\C)C1C=CC/C=C\C/C(N(/C(C)=C/C=C(\CC)C(C)CCCC)c2ccc(/C=C\c3c(N(c4ccc(C(C)CCCCC)cc4)c4cccc5c4oc4c(C)cccc45)ccc(/C=C\C)c3C)c(C)c2)=C\1. The summed E-state index contributed by atoms with van der Waals surface area (Å²) in [5, 5.41) is 13.3. The van der Waals surface area contributed by atoms with Gasteiger partial charge in [0.2, 0.25) is 0 Å². The van der Waals surface area contributed by atoms with Crippen LogP contribution in [0.2, 0.25) is 0 Å². The molecule has 4 atom stereocenters. The summed E-state index contributed by atoms with van der Waals surface area (Å²) in [5.41, 5.74) is 18.9. The lowest BCUT2D eigenvalue weighted by Gasteiger charge is -2.30. The minimum atomic E-state index is -0.0674. The number of fused-ring (bicyclic) bond motifs is 3. The summed E-state index contributed by atoms with van der Waals surface area (Å²) < 4.78 is 6.94. The van der Waals surface area contributed by atoms with Crippen molar-refractivity contribution in [3.05, 3.63) is 232 Å². The lowest BCUT2D eigenvalue weighted by molar-refractivity contribution is 0.415. The number of hydrogen-bond donors (Lipinski definition) is 1. The Bertz CT molecular complexity index is 3360. The second-order valence-electron chi connectivity index (χ2n) is 22.4. The molecule has 1 aliphatic rings. The third kappa shape index (κ3) is 14.7. The second kappa shape index (κ2) is 29.2. The molecule has 1 aliphatic carbocycles. The third-order valence-electron chi connectivity index (χ3n) is 16.3. The van der Waals surface area contributed by atoms with E-state index in [2.05, 4.69) is 263 Å². The molecule has 4 unspecified atom stereocenters. The summed E-state index contributed by atoms with van der Waals surface area (Å²) in [6.07, 6.45) is 42.6. The van der Waals surface area contributed by atoms with Crippen molar-refractivity contribution in [3.8, 4) is 0 Å². The number of aliphatic hydroxyl groups excluding tert-OH is 1. The number of aryl methyl sites for hydroxylation is 2. The summed E-state index contributed by atoms with van der Waals surface area (Å²) in [7, 11) is 0. The van der Waals surface area contributed by atoms with Crippen LogP contribution in [0.25, 0.3) is 40.2 Å². The highest BCUT2D eigenvalue weighted by molar-refractivity contribution is 6.11. The van der Waals surface area contributed by atoms with E-state index in [4.69, 9.17) is 4.42 Å². The van der Waals surface area contributed by atoms with Crippen molar-refractivity contribution in [3.63, 3.8) is 0 Å². The highest BCUT2D eigenvalue weighted by Crippen LogP contribution is 2.46. The fourth-order valence-electron chi connectivity index (χ4n) is 11.4. The highest BCUT2D eigenvalue weighted by atomic mass is 16.3. The number of rotatable bonds is 24. The van der Waals surface area contributed by atoms with Crippen LogP contribution in [0.4, 0.5) is 22.7 Å². The first-order valence-corrected chi connectivity index (χ1v) is 30.0. The fourth-order valence-corrected chi connectivity index (χ4v) is 11.4.